The van der Waals surface area contributed by atoms with Crippen LogP contribution in [0.5, 0.6) is 11.5 Å². The lowest BCUT2D eigenvalue weighted by atomic mass is 10.1. The largest absolute Gasteiger partial charge is 0.491 e. The fourth-order valence-corrected chi connectivity index (χ4v) is 7.15. The van der Waals surface area contributed by atoms with Gasteiger partial charge in [-0.15, -0.1) is 0 Å². The molecule has 80 heavy (non-hydrogen) atoms. The third-order valence-corrected chi connectivity index (χ3v) is 11.3. The summed E-state index contributed by atoms with van der Waals surface area (Å²) in [6.45, 7) is 4.51. The lowest BCUT2D eigenvalue weighted by Gasteiger charge is -2.10. The molecule has 0 aliphatic heterocycles. The number of aromatic nitrogens is 2. The number of ether oxygens (including phenoxy) is 8. The van der Waals surface area contributed by atoms with E-state index in [-0.39, 0.29) is 54.9 Å². The van der Waals surface area contributed by atoms with E-state index in [4.69, 9.17) is 83.9 Å². The van der Waals surface area contributed by atoms with E-state index in [1.165, 1.54) is 0 Å². The third-order valence-electron chi connectivity index (χ3n) is 11.0. The van der Waals surface area contributed by atoms with E-state index in [2.05, 4.69) is 41.2 Å². The third kappa shape index (κ3) is 24.3. The average Bonchev–Trinajstić information content (AvgIpc) is 3.44. The number of hydrogen-bond donors (Lipinski definition) is 10. The smallest absolute Gasteiger partial charge is 0.407 e. The van der Waals surface area contributed by atoms with Gasteiger partial charge in [0.25, 0.3) is 5.91 Å². The standard InChI is InChI=1S/C53H71ClN14O12/c54-44-47(57)67-46(56)43(66-44)48(69)68-51(60)62-18-2-1-5-35-6-15-41(16-7-35)77-30-27-76-29-32-79-53(72)64-20-4-3-19-63-52(71)78-31-28-75-26-25-74-24-23-73-22-21-61-45(55)39-9-8-38-34-42(17-12-37(38)33-39)80-49(70)36-10-13-40(14-11-36)65-50(58)59/h6-17,33-34,50,65H,1-5,18-32,58-59H2,(H2,55,61)(H,63,71)(H,64,72)(H4,56,57,67)(H3,60,62,68,69). The van der Waals surface area contributed by atoms with Crippen molar-refractivity contribution in [3.8, 4) is 11.5 Å². The number of hydrogen-bond acceptors (Lipinski definition) is 21. The molecule has 1 heterocycles. The van der Waals surface area contributed by atoms with Gasteiger partial charge in [0.1, 0.15) is 43.4 Å². The van der Waals surface area contributed by atoms with Crippen LogP contribution in [0.25, 0.3) is 10.8 Å². The van der Waals surface area contributed by atoms with Gasteiger partial charge in [-0.2, -0.15) is 0 Å². The topological polar surface area (TPSA) is 397 Å². The van der Waals surface area contributed by atoms with Gasteiger partial charge < -0.3 is 76.8 Å². The lowest BCUT2D eigenvalue weighted by molar-refractivity contribution is 0.00681. The highest BCUT2D eigenvalue weighted by molar-refractivity contribution is 6.31. The maximum Gasteiger partial charge on any atom is 0.407 e. The molecule has 16 N–H and O–H groups in total. The van der Waals surface area contributed by atoms with Crippen LogP contribution in [0.15, 0.2) is 94.9 Å². The molecule has 0 saturated carbocycles. The molecule has 0 aliphatic rings. The van der Waals surface area contributed by atoms with Crippen molar-refractivity contribution >= 4 is 75.6 Å². The molecule has 3 amide bonds. The number of carbonyl (C=O) groups excluding carboxylic acids is 4. The summed E-state index contributed by atoms with van der Waals surface area (Å²) in [5, 5.41) is 12.2. The summed E-state index contributed by atoms with van der Waals surface area (Å²) in [5.74, 6) is -0.0502. The van der Waals surface area contributed by atoms with Crippen LogP contribution in [0.2, 0.25) is 5.15 Å². The number of halogens is 1. The number of nitrogen functional groups attached to an aromatic ring is 2. The van der Waals surface area contributed by atoms with Gasteiger partial charge in [-0.1, -0.05) is 41.9 Å². The van der Waals surface area contributed by atoms with Crippen molar-refractivity contribution in [1.82, 2.24) is 25.9 Å². The Morgan fingerprint density at radius 2 is 1.16 bits per heavy atom. The zero-order valence-electron chi connectivity index (χ0n) is 44.3. The van der Waals surface area contributed by atoms with Crippen LogP contribution in [0.1, 0.15) is 57.7 Å². The summed E-state index contributed by atoms with van der Waals surface area (Å²) in [7, 11) is 0. The monoisotopic (exact) mass is 1130 g/mol. The first-order chi connectivity index (χ1) is 38.7. The molecule has 4 aromatic carbocycles. The number of amidine groups is 1. The molecule has 5 rings (SSSR count). The van der Waals surface area contributed by atoms with Gasteiger partial charge in [0, 0.05) is 30.9 Å². The average molecular weight is 1130 g/mol. The van der Waals surface area contributed by atoms with Gasteiger partial charge in [0.2, 0.25) is 0 Å². The van der Waals surface area contributed by atoms with E-state index >= 15 is 0 Å². The molecule has 0 spiro atoms. The van der Waals surface area contributed by atoms with Gasteiger partial charge in [-0.05, 0) is 103 Å². The molecule has 0 radical (unpaired) electrons. The molecule has 0 aliphatic carbocycles. The molecule has 0 bridgehead atoms. The van der Waals surface area contributed by atoms with E-state index in [1.54, 1.807) is 36.4 Å². The van der Waals surface area contributed by atoms with E-state index in [9.17, 15) is 19.2 Å². The zero-order valence-corrected chi connectivity index (χ0v) is 45.1. The first-order valence-corrected chi connectivity index (χ1v) is 26.1. The van der Waals surface area contributed by atoms with Crippen LogP contribution >= 0.6 is 11.6 Å². The fraction of sp³-hybridized carbons (Fsp3) is 0.396. The number of carbonyl (C=O) groups is 4. The number of amides is 3. The normalized spacial score (nSPS) is 11.6. The number of nitrogens with one attached hydrogen (secondary N) is 4. The summed E-state index contributed by atoms with van der Waals surface area (Å²) < 4.78 is 43.6. The number of rotatable bonds is 35. The second-order valence-electron chi connectivity index (χ2n) is 17.2. The number of anilines is 3. The number of nitrogens with zero attached hydrogens (tertiary/aromatic N) is 4. The van der Waals surface area contributed by atoms with Gasteiger partial charge >= 0.3 is 18.2 Å². The highest BCUT2D eigenvalue weighted by Crippen LogP contribution is 2.24. The number of aryl methyl sites for hydroxylation is 1. The predicted molar refractivity (Wildman–Crippen MR) is 303 cm³/mol. The van der Waals surface area contributed by atoms with E-state index in [0.29, 0.717) is 114 Å². The predicted octanol–water partition coefficient (Wildman–Crippen LogP) is 3.43. The summed E-state index contributed by atoms with van der Waals surface area (Å²) in [5.41, 5.74) is 37.1. The molecule has 1 aromatic heterocycles. The van der Waals surface area contributed by atoms with Crippen molar-refractivity contribution in [3.63, 3.8) is 0 Å². The molecule has 5 aromatic rings. The number of nitrogens with two attached hydrogens (primary N) is 6. The van der Waals surface area contributed by atoms with Crippen molar-refractivity contribution in [2.45, 2.75) is 38.4 Å². The molecular formula is C53H71ClN14O12. The Labute approximate surface area is 467 Å². The molecule has 26 nitrogen and oxygen atoms in total. The van der Waals surface area contributed by atoms with E-state index in [1.807, 2.05) is 48.5 Å². The molecular weight excluding hydrogens is 1060 g/mol. The minimum atomic E-state index is -0.712. The number of aliphatic imine (C=N–C) groups is 2. The van der Waals surface area contributed by atoms with Gasteiger partial charge in [0.05, 0.1) is 65.0 Å². The van der Waals surface area contributed by atoms with Crippen molar-refractivity contribution in [2.75, 3.05) is 116 Å². The van der Waals surface area contributed by atoms with Crippen LogP contribution in [0, 0.1) is 0 Å². The van der Waals surface area contributed by atoms with Crippen molar-refractivity contribution in [1.29, 1.82) is 0 Å². The Kier molecular flexibility index (Phi) is 27.8. The zero-order chi connectivity index (χ0) is 57.3. The Balaban J connectivity index is 0.756. The summed E-state index contributed by atoms with van der Waals surface area (Å²) in [6, 6.07) is 25.4. The Hall–Kier alpha value is -8.11. The highest BCUT2D eigenvalue weighted by atomic mass is 35.5. The van der Waals surface area contributed by atoms with Crippen LogP contribution < -0.4 is 65.1 Å². The molecule has 0 saturated heterocycles. The SMILES string of the molecule is NC(=NCCCCc1ccc(OCCOCCOC(=O)NCCCCNC(=O)OCCOCCOCCOCCN=C(N)c2ccc3cc(OC(=O)c4ccc(NC(N)N)cc4)ccc3c2)cc1)NC(=O)c1nc(Cl)c(N)nc1N. The quantitative estimate of drug-likeness (QED) is 0.00693. The maximum atomic E-state index is 12.7. The second-order valence-corrected chi connectivity index (χ2v) is 17.6. The van der Waals surface area contributed by atoms with Crippen LogP contribution in [0.3, 0.4) is 0 Å². The van der Waals surface area contributed by atoms with Gasteiger partial charge in [-0.25, -0.2) is 24.4 Å². The summed E-state index contributed by atoms with van der Waals surface area (Å²) in [6.07, 6.45) is 1.80. The minimum Gasteiger partial charge on any atom is -0.491 e. The van der Waals surface area contributed by atoms with Crippen LogP contribution in [0.4, 0.5) is 26.9 Å². The Bertz CT molecular complexity index is 2790. The lowest BCUT2D eigenvalue weighted by Crippen LogP contribution is -2.38. The fourth-order valence-electron chi connectivity index (χ4n) is 7.03. The minimum absolute atomic E-state index is 0.0797. The first kappa shape index (κ1) is 62.7. The van der Waals surface area contributed by atoms with Crippen LogP contribution in [-0.2, 0) is 34.8 Å². The number of unbranched alkanes of at least 4 members (excludes halogenated alkanes) is 2. The van der Waals surface area contributed by atoms with Gasteiger partial charge in [-0.3, -0.25) is 31.6 Å². The van der Waals surface area contributed by atoms with Gasteiger partial charge in [0.15, 0.2) is 28.4 Å². The molecule has 27 heteroatoms. The van der Waals surface area contributed by atoms with E-state index < -0.39 is 30.4 Å². The first-order valence-electron chi connectivity index (χ1n) is 25.7. The maximum absolute atomic E-state index is 12.7. The molecule has 0 unspecified atom stereocenters. The molecule has 432 valence electrons. The molecule has 0 fully saturated rings. The summed E-state index contributed by atoms with van der Waals surface area (Å²) >= 11 is 5.82. The number of benzene rings is 4. The van der Waals surface area contributed by atoms with E-state index in [0.717, 1.165) is 41.2 Å². The Morgan fingerprint density at radius 1 is 0.588 bits per heavy atom. The van der Waals surface area contributed by atoms with Crippen molar-refractivity contribution in [3.05, 3.63) is 112 Å². The number of alkyl carbamates (subject to hydrolysis) is 2. The molecule has 0 atom stereocenters. The second kappa shape index (κ2) is 35.4. The Morgan fingerprint density at radius 3 is 1.81 bits per heavy atom. The van der Waals surface area contributed by atoms with Crippen LogP contribution in [-0.4, -0.2) is 151 Å². The highest BCUT2D eigenvalue weighted by Gasteiger charge is 2.17. The van der Waals surface area contributed by atoms with Crippen molar-refractivity contribution in [2.24, 2.45) is 32.9 Å². The number of esters is 1. The van der Waals surface area contributed by atoms with Crippen molar-refractivity contribution < 1.29 is 57.1 Å². The summed E-state index contributed by atoms with van der Waals surface area (Å²) in [4.78, 5) is 65.1. The number of fused-ring (bicyclic) bond motifs is 1. The number of guanidine groups is 1.